The molecule has 1 heterocycles. The third-order valence-corrected chi connectivity index (χ3v) is 7.75. The standard InChI is InChI=1S/C9H16ClIN3O2S/c1-7(2)14(17(4,16)11-15)8-5-6-12-9(10)13(8)3/h5-8H,1-4H3/q+1. The van der Waals surface area contributed by atoms with Crippen molar-refractivity contribution in [3.8, 4) is 0 Å². The monoisotopic (exact) mass is 392 g/mol. The van der Waals surface area contributed by atoms with Crippen molar-refractivity contribution < 1.29 is 7.11 Å². The fourth-order valence-corrected chi connectivity index (χ4v) is 5.87. The van der Waals surface area contributed by atoms with Gasteiger partial charge >= 0.3 is 117 Å². The van der Waals surface area contributed by atoms with Gasteiger partial charge in [-0.05, 0) is 0 Å². The molecule has 0 bridgehead atoms. The topological polar surface area (TPSA) is 55.8 Å². The van der Waals surface area contributed by atoms with E-state index in [0.29, 0.717) is 5.29 Å². The Morgan fingerprint density at radius 2 is 2.29 bits per heavy atom. The van der Waals surface area contributed by atoms with Gasteiger partial charge in [0, 0.05) is 0 Å². The molecule has 0 saturated heterocycles. The first-order valence-corrected chi connectivity index (χ1v) is 10.7. The Kier molecular flexibility index (Phi) is 5.39. The molecule has 0 saturated carbocycles. The summed E-state index contributed by atoms with van der Waals surface area (Å²) in [5.41, 5.74) is 0. The fraction of sp³-hybridized carbons (Fsp3) is 0.667. The molecule has 1 rings (SSSR count). The van der Waals surface area contributed by atoms with E-state index in [9.17, 15) is 7.11 Å². The molecule has 0 aromatic carbocycles. The van der Waals surface area contributed by atoms with Crippen LogP contribution in [0.25, 0.3) is 0 Å². The molecule has 98 valence electrons. The summed E-state index contributed by atoms with van der Waals surface area (Å²) in [5.74, 6) is 0. The van der Waals surface area contributed by atoms with E-state index in [1.54, 1.807) is 28.5 Å². The average molecular weight is 393 g/mol. The zero-order valence-corrected chi connectivity index (χ0v) is 13.9. The number of likely N-dealkylation sites (N-methyl/N-ethyl adjacent to an activating group) is 1. The molecule has 0 aliphatic carbocycles. The van der Waals surface area contributed by atoms with Crippen molar-refractivity contribution in [2.45, 2.75) is 26.1 Å². The van der Waals surface area contributed by atoms with Crippen LogP contribution in [-0.4, -0.2) is 40.0 Å². The first-order valence-electron chi connectivity index (χ1n) is 5.00. The summed E-state index contributed by atoms with van der Waals surface area (Å²) in [6, 6.07) is 0.000756. The summed E-state index contributed by atoms with van der Waals surface area (Å²) < 4.78 is 25.3. The Bertz CT molecular complexity index is 468. The Hall–Kier alpha value is 0.300. The minimum atomic E-state index is -2.48. The predicted octanol–water partition coefficient (Wildman–Crippen LogP) is 3.00. The Morgan fingerprint density at radius 3 is 2.76 bits per heavy atom. The molecular formula is C9H16ClIN3O2S+. The number of amidine groups is 1. The molecule has 2 unspecified atom stereocenters. The van der Waals surface area contributed by atoms with E-state index in [-0.39, 0.29) is 12.2 Å². The van der Waals surface area contributed by atoms with Crippen molar-refractivity contribution in [1.82, 2.24) is 9.21 Å². The second-order valence-corrected chi connectivity index (χ2v) is 12.3. The number of hydrogen-bond donors (Lipinski definition) is 0. The number of aliphatic imine (C=N–C) groups is 1. The molecule has 1 aliphatic heterocycles. The quantitative estimate of drug-likeness (QED) is 0.412. The van der Waals surface area contributed by atoms with Crippen molar-refractivity contribution in [3.05, 3.63) is 12.3 Å². The van der Waals surface area contributed by atoms with Crippen molar-refractivity contribution in [1.29, 1.82) is 0 Å². The summed E-state index contributed by atoms with van der Waals surface area (Å²) in [4.78, 5) is 5.66. The van der Waals surface area contributed by atoms with Crippen molar-refractivity contribution in [2.75, 3.05) is 13.3 Å². The van der Waals surface area contributed by atoms with Gasteiger partial charge in [0.25, 0.3) is 0 Å². The van der Waals surface area contributed by atoms with Gasteiger partial charge in [0.1, 0.15) is 0 Å². The van der Waals surface area contributed by atoms with Crippen LogP contribution in [0.1, 0.15) is 13.8 Å². The van der Waals surface area contributed by atoms with Gasteiger partial charge in [-0.1, -0.05) is 0 Å². The Balaban J connectivity index is 3.12. The molecular weight excluding hydrogens is 377 g/mol. The molecule has 5 nitrogen and oxygen atoms in total. The van der Waals surface area contributed by atoms with Crippen LogP contribution in [0.15, 0.2) is 17.3 Å². The molecule has 0 fully saturated rings. The van der Waals surface area contributed by atoms with E-state index < -0.39 is 26.9 Å². The van der Waals surface area contributed by atoms with E-state index in [1.165, 1.54) is 6.26 Å². The molecule has 1 aliphatic rings. The summed E-state index contributed by atoms with van der Waals surface area (Å²) >= 11 is 4.33. The average Bonchev–Trinajstić information content (AvgIpc) is 2.24. The summed E-state index contributed by atoms with van der Waals surface area (Å²) in [6.07, 6.45) is 4.65. The summed E-state index contributed by atoms with van der Waals surface area (Å²) in [7, 11) is -0.712. The van der Waals surface area contributed by atoms with Crippen LogP contribution in [0.5, 0.6) is 0 Å². The van der Waals surface area contributed by atoms with Crippen LogP contribution in [0.2, 0.25) is 0 Å². The third kappa shape index (κ3) is 3.40. The zero-order chi connectivity index (χ0) is 13.2. The van der Waals surface area contributed by atoms with Crippen LogP contribution in [-0.2, 0) is 7.11 Å². The second kappa shape index (κ2) is 5.96. The van der Waals surface area contributed by atoms with Gasteiger partial charge in [-0.2, -0.15) is 0 Å². The number of rotatable bonds is 2. The van der Waals surface area contributed by atoms with Crippen LogP contribution in [0.4, 0.5) is 0 Å². The van der Waals surface area contributed by atoms with Crippen LogP contribution < -0.4 is 0 Å². The van der Waals surface area contributed by atoms with E-state index in [1.807, 2.05) is 13.8 Å². The molecule has 0 amide bonds. The Morgan fingerprint density at radius 1 is 1.71 bits per heavy atom. The van der Waals surface area contributed by atoms with Gasteiger partial charge in [-0.15, -0.1) is 0 Å². The van der Waals surface area contributed by atoms with Gasteiger partial charge in [-0.3, -0.25) is 0 Å². The minimum absolute atomic E-state index is 0.000756. The summed E-state index contributed by atoms with van der Waals surface area (Å²) in [5, 5.41) is 0.336. The SMILES string of the molecule is CC(C)N(C1C=CN=C(Cl)N1C)S(C)(#[O+])I=O. The predicted molar refractivity (Wildman–Crippen MR) is 79.9 cm³/mol. The summed E-state index contributed by atoms with van der Waals surface area (Å²) in [6.45, 7) is 3.84. The molecule has 0 aromatic heterocycles. The maximum absolute atomic E-state index is 12.4. The maximum atomic E-state index is 12.4. The zero-order valence-electron chi connectivity index (χ0n) is 10.1. The number of nitrogens with zero attached hydrogens (tertiary/aromatic N) is 3. The van der Waals surface area contributed by atoms with Crippen LogP contribution in [0.3, 0.4) is 0 Å². The van der Waals surface area contributed by atoms with E-state index in [2.05, 4.69) is 4.99 Å². The molecule has 0 radical (unpaired) electrons. The van der Waals surface area contributed by atoms with Gasteiger partial charge in [0.2, 0.25) is 0 Å². The van der Waals surface area contributed by atoms with Crippen LogP contribution >= 0.6 is 38.5 Å². The molecule has 2 atom stereocenters. The molecule has 17 heavy (non-hydrogen) atoms. The fourth-order valence-electron chi connectivity index (χ4n) is 1.67. The second-order valence-electron chi connectivity index (χ2n) is 3.99. The first-order chi connectivity index (χ1) is 7.81. The van der Waals surface area contributed by atoms with E-state index >= 15 is 0 Å². The van der Waals surface area contributed by atoms with Gasteiger partial charge in [-0.25, -0.2) is 0 Å². The number of hydrogen-bond acceptors (Lipinski definition) is 4. The molecule has 0 spiro atoms. The normalized spacial score (nSPS) is 24.0. The van der Waals surface area contributed by atoms with Gasteiger partial charge in [0.05, 0.1) is 0 Å². The van der Waals surface area contributed by atoms with E-state index in [4.69, 9.17) is 11.6 Å². The van der Waals surface area contributed by atoms with Crippen molar-refractivity contribution in [3.63, 3.8) is 0 Å². The molecule has 0 N–H and O–H groups in total. The third-order valence-electron chi connectivity index (χ3n) is 2.39. The van der Waals surface area contributed by atoms with Crippen molar-refractivity contribution in [2.24, 2.45) is 4.99 Å². The molecule has 8 heteroatoms. The van der Waals surface area contributed by atoms with Crippen LogP contribution in [0, 0.1) is 0 Å². The van der Waals surface area contributed by atoms with Gasteiger partial charge in [0.15, 0.2) is 0 Å². The Labute approximate surface area is 116 Å². The molecule has 0 aromatic rings. The first kappa shape index (κ1) is 15.4. The van der Waals surface area contributed by atoms with Crippen molar-refractivity contribution >= 4 is 43.8 Å². The number of halogens is 2. The van der Waals surface area contributed by atoms with Gasteiger partial charge < -0.3 is 0 Å². The van der Waals surface area contributed by atoms with E-state index in [0.717, 1.165) is 0 Å².